The first-order chi connectivity index (χ1) is 21.5. The number of hydrogen-bond donors (Lipinski definition) is 1. The summed E-state index contributed by atoms with van der Waals surface area (Å²) in [5.74, 6) is 2.65. The largest absolute Gasteiger partial charge is 0.424 e. The number of aromatic nitrogens is 1. The summed E-state index contributed by atoms with van der Waals surface area (Å²) < 4.78 is 26.2. The van der Waals surface area contributed by atoms with Crippen LogP contribution >= 0.6 is 0 Å². The molecule has 1 aliphatic carbocycles. The van der Waals surface area contributed by atoms with Crippen LogP contribution in [0.15, 0.2) is 89.3 Å². The van der Waals surface area contributed by atoms with Gasteiger partial charge >= 0.3 is 0 Å². The van der Waals surface area contributed by atoms with Crippen molar-refractivity contribution in [2.75, 3.05) is 57.2 Å². The Morgan fingerprint density at radius 3 is 2.16 bits per heavy atom. The van der Waals surface area contributed by atoms with Crippen LogP contribution in [0.3, 0.4) is 0 Å². The van der Waals surface area contributed by atoms with Gasteiger partial charge in [0.1, 0.15) is 11.5 Å². The summed E-state index contributed by atoms with van der Waals surface area (Å²) in [5.41, 5.74) is 4.54. The van der Waals surface area contributed by atoms with Crippen molar-refractivity contribution in [1.82, 2.24) is 9.88 Å². The zero-order valence-corrected chi connectivity index (χ0v) is 26.0. The van der Waals surface area contributed by atoms with Gasteiger partial charge in [-0.1, -0.05) is 60.7 Å². The number of benzene rings is 3. The molecule has 0 radical (unpaired) electrons. The van der Waals surface area contributed by atoms with Crippen molar-refractivity contribution >= 4 is 11.6 Å². The average Bonchev–Trinajstić information content (AvgIpc) is 3.47. The number of nitrogens with one attached hydrogen (secondary N) is 1. The SMILES string of the molecule is CN(C)C(c1ccc(F)cc1)C1CCC(C(CNc2ccccc2)c2nc(Cc3ccccc3)c(N3CCOCC3)o2)CC1. The molecule has 1 aliphatic heterocycles. The molecule has 2 heterocycles. The lowest BCUT2D eigenvalue weighted by atomic mass is 9.72. The summed E-state index contributed by atoms with van der Waals surface area (Å²) in [4.78, 5) is 9.88. The summed E-state index contributed by atoms with van der Waals surface area (Å²) in [7, 11) is 4.28. The minimum atomic E-state index is -0.183. The van der Waals surface area contributed by atoms with Gasteiger partial charge in [-0.2, -0.15) is 0 Å². The van der Waals surface area contributed by atoms with Crippen LogP contribution in [0.1, 0.15) is 60.4 Å². The summed E-state index contributed by atoms with van der Waals surface area (Å²) in [6.07, 6.45) is 5.16. The summed E-state index contributed by atoms with van der Waals surface area (Å²) in [5, 5.41) is 3.70. The van der Waals surface area contributed by atoms with Crippen LogP contribution in [0.25, 0.3) is 0 Å². The second-order valence-corrected chi connectivity index (χ2v) is 12.6. The molecule has 7 heteroatoms. The molecule has 2 atom stereocenters. The molecular formula is C37H45FN4O2. The van der Waals surface area contributed by atoms with E-state index in [0.717, 1.165) is 74.9 Å². The molecule has 2 aliphatic rings. The Hall–Kier alpha value is -3.68. The van der Waals surface area contributed by atoms with Gasteiger partial charge < -0.3 is 24.3 Å². The summed E-state index contributed by atoms with van der Waals surface area (Å²) >= 11 is 0. The van der Waals surface area contributed by atoms with Gasteiger partial charge in [-0.15, -0.1) is 0 Å². The van der Waals surface area contributed by atoms with E-state index in [1.54, 1.807) is 12.1 Å². The molecule has 0 spiro atoms. The highest BCUT2D eigenvalue weighted by atomic mass is 19.1. The van der Waals surface area contributed by atoms with Crippen LogP contribution in [0.5, 0.6) is 0 Å². The summed E-state index contributed by atoms with van der Waals surface area (Å²) in [6, 6.07) is 28.3. The van der Waals surface area contributed by atoms with Gasteiger partial charge in [-0.3, -0.25) is 0 Å². The Labute approximate surface area is 261 Å². The molecule has 2 unspecified atom stereocenters. The van der Waals surface area contributed by atoms with Gasteiger partial charge in [0.05, 0.1) is 19.1 Å². The third-order valence-corrected chi connectivity index (χ3v) is 9.42. The Kier molecular flexibility index (Phi) is 9.93. The van der Waals surface area contributed by atoms with Crippen molar-refractivity contribution in [3.05, 3.63) is 113 Å². The Morgan fingerprint density at radius 1 is 0.864 bits per heavy atom. The second kappa shape index (κ2) is 14.4. The Bertz CT molecular complexity index is 1430. The van der Waals surface area contributed by atoms with Gasteiger partial charge in [0, 0.05) is 37.8 Å². The highest BCUT2D eigenvalue weighted by molar-refractivity contribution is 5.45. The first-order valence-corrected chi connectivity index (χ1v) is 16.1. The van der Waals surface area contributed by atoms with E-state index in [1.807, 2.05) is 18.2 Å². The van der Waals surface area contributed by atoms with Crippen LogP contribution in [-0.4, -0.2) is 56.8 Å². The topological polar surface area (TPSA) is 53.8 Å². The third kappa shape index (κ3) is 7.33. The molecule has 1 aromatic heterocycles. The molecular weight excluding hydrogens is 551 g/mol. The van der Waals surface area contributed by atoms with Gasteiger partial charge in [0.15, 0.2) is 0 Å². The molecule has 6 nitrogen and oxygen atoms in total. The zero-order chi connectivity index (χ0) is 30.3. The molecule has 0 amide bonds. The zero-order valence-electron chi connectivity index (χ0n) is 26.0. The maximum absolute atomic E-state index is 13.7. The Balaban J connectivity index is 1.26. The molecule has 2 fully saturated rings. The number of rotatable bonds is 11. The molecule has 6 rings (SSSR count). The van der Waals surface area contributed by atoms with E-state index < -0.39 is 0 Å². The maximum atomic E-state index is 13.7. The van der Waals surface area contributed by atoms with Gasteiger partial charge in [-0.25, -0.2) is 9.37 Å². The monoisotopic (exact) mass is 596 g/mol. The fourth-order valence-electron chi connectivity index (χ4n) is 7.19. The molecule has 232 valence electrons. The summed E-state index contributed by atoms with van der Waals surface area (Å²) in [6.45, 7) is 3.78. The highest BCUT2D eigenvalue weighted by Gasteiger charge is 2.36. The van der Waals surface area contributed by atoms with Crippen molar-refractivity contribution in [1.29, 1.82) is 0 Å². The minimum absolute atomic E-state index is 0.143. The van der Waals surface area contributed by atoms with Crippen LogP contribution < -0.4 is 10.2 Å². The fourth-order valence-corrected chi connectivity index (χ4v) is 7.19. The highest BCUT2D eigenvalue weighted by Crippen LogP contribution is 2.44. The molecule has 44 heavy (non-hydrogen) atoms. The van der Waals surface area contributed by atoms with Crippen molar-refractivity contribution in [3.8, 4) is 0 Å². The van der Waals surface area contributed by atoms with E-state index in [4.69, 9.17) is 14.1 Å². The first kappa shape index (κ1) is 30.4. The fraction of sp³-hybridized carbons (Fsp3) is 0.432. The molecule has 0 bridgehead atoms. The van der Waals surface area contributed by atoms with Gasteiger partial charge in [0.25, 0.3) is 0 Å². The average molecular weight is 597 g/mol. The van der Waals surface area contributed by atoms with E-state index >= 15 is 0 Å². The molecule has 3 aromatic carbocycles. The number of nitrogens with zero attached hydrogens (tertiary/aromatic N) is 3. The van der Waals surface area contributed by atoms with E-state index in [-0.39, 0.29) is 17.8 Å². The predicted molar refractivity (Wildman–Crippen MR) is 175 cm³/mol. The van der Waals surface area contributed by atoms with Gasteiger partial charge in [0.2, 0.25) is 11.8 Å². The number of hydrogen-bond acceptors (Lipinski definition) is 6. The van der Waals surface area contributed by atoms with E-state index in [9.17, 15) is 4.39 Å². The van der Waals surface area contributed by atoms with Crippen molar-refractivity contribution in [2.45, 2.75) is 44.1 Å². The standard InChI is InChI=1S/C37H45FN4O2/c1-41(2)35(30-17-19-31(38)20-18-30)29-15-13-28(14-16-29)33(26-39-32-11-7-4-8-12-32)36-40-34(25-27-9-5-3-6-10-27)37(44-36)42-21-23-43-24-22-42/h3-12,17-20,28-29,33,35,39H,13-16,21-26H2,1-2H3. The van der Waals surface area contributed by atoms with Crippen LogP contribution in [0.4, 0.5) is 16.0 Å². The van der Waals surface area contributed by atoms with Gasteiger partial charge in [-0.05, 0) is 87.0 Å². The predicted octanol–water partition coefficient (Wildman–Crippen LogP) is 7.55. The quantitative estimate of drug-likeness (QED) is 0.193. The number of para-hydroxylation sites is 1. The lowest BCUT2D eigenvalue weighted by Gasteiger charge is -2.39. The minimum Gasteiger partial charge on any atom is -0.424 e. The first-order valence-electron chi connectivity index (χ1n) is 16.1. The van der Waals surface area contributed by atoms with Crippen LogP contribution in [0, 0.1) is 17.7 Å². The van der Waals surface area contributed by atoms with Crippen molar-refractivity contribution in [2.24, 2.45) is 11.8 Å². The van der Waals surface area contributed by atoms with Crippen molar-refractivity contribution in [3.63, 3.8) is 0 Å². The Morgan fingerprint density at radius 2 is 1.50 bits per heavy atom. The molecule has 4 aromatic rings. The maximum Gasteiger partial charge on any atom is 0.220 e. The van der Waals surface area contributed by atoms with E-state index in [2.05, 4.69) is 83.8 Å². The van der Waals surface area contributed by atoms with Crippen molar-refractivity contribution < 1.29 is 13.5 Å². The number of morpholine rings is 1. The van der Waals surface area contributed by atoms with E-state index in [1.165, 1.54) is 11.1 Å². The molecule has 1 saturated carbocycles. The van der Waals surface area contributed by atoms with Crippen LogP contribution in [-0.2, 0) is 11.2 Å². The third-order valence-electron chi connectivity index (χ3n) is 9.42. The normalized spacial score (nSPS) is 20.4. The number of ether oxygens (including phenoxy) is 1. The number of anilines is 2. The molecule has 1 N–H and O–H groups in total. The van der Waals surface area contributed by atoms with E-state index in [0.29, 0.717) is 25.0 Å². The lowest BCUT2D eigenvalue weighted by molar-refractivity contribution is 0.120. The molecule has 1 saturated heterocycles. The number of halogens is 1. The lowest BCUT2D eigenvalue weighted by Crippen LogP contribution is -2.36. The van der Waals surface area contributed by atoms with Crippen LogP contribution in [0.2, 0.25) is 0 Å². The smallest absolute Gasteiger partial charge is 0.220 e. The number of oxazole rings is 1. The second-order valence-electron chi connectivity index (χ2n) is 12.6.